The maximum atomic E-state index is 12.6. The number of benzene rings is 1. The van der Waals surface area contributed by atoms with Crippen LogP contribution in [0.15, 0.2) is 24.3 Å². The minimum absolute atomic E-state index is 0.154. The highest BCUT2D eigenvalue weighted by Crippen LogP contribution is 2.23. The van der Waals surface area contributed by atoms with E-state index in [1.807, 2.05) is 18.7 Å². The molecule has 1 aliphatic heterocycles. The molecule has 1 saturated heterocycles. The Labute approximate surface area is 116 Å². The fourth-order valence-corrected chi connectivity index (χ4v) is 2.44. The highest BCUT2D eigenvalue weighted by atomic mass is 16.2. The summed E-state index contributed by atoms with van der Waals surface area (Å²) < 4.78 is 0. The van der Waals surface area contributed by atoms with E-state index < -0.39 is 5.54 Å². The fourth-order valence-electron chi connectivity index (χ4n) is 2.44. The van der Waals surface area contributed by atoms with Crippen molar-refractivity contribution >= 4 is 11.6 Å². The first-order valence-electron chi connectivity index (χ1n) is 7.10. The van der Waals surface area contributed by atoms with Gasteiger partial charge in [-0.05, 0) is 43.9 Å². The molecule has 0 saturated carbocycles. The van der Waals surface area contributed by atoms with Gasteiger partial charge in [-0.2, -0.15) is 0 Å². The van der Waals surface area contributed by atoms with Gasteiger partial charge in [0.15, 0.2) is 0 Å². The summed E-state index contributed by atoms with van der Waals surface area (Å²) >= 11 is 0. The van der Waals surface area contributed by atoms with Crippen LogP contribution in [0.2, 0.25) is 0 Å². The Kier molecular flexibility index (Phi) is 3.95. The molecule has 3 nitrogen and oxygen atoms in total. The summed E-state index contributed by atoms with van der Waals surface area (Å²) in [5.74, 6) is 0.609. The van der Waals surface area contributed by atoms with Crippen molar-refractivity contribution in [3.63, 3.8) is 0 Å². The van der Waals surface area contributed by atoms with E-state index in [1.54, 1.807) is 0 Å². The van der Waals surface area contributed by atoms with E-state index in [4.69, 9.17) is 0 Å². The standard InChI is InChI=1S/C16H24N2O/c1-5-13-6-8-14(9-7-13)18-11-12(2)10-17-16(3,4)15(18)19/h6-9,12,17H,5,10-11H2,1-4H3. The third kappa shape index (κ3) is 2.98. The number of hydrogen-bond donors (Lipinski definition) is 1. The topological polar surface area (TPSA) is 32.3 Å². The molecule has 0 radical (unpaired) electrons. The second-order valence-corrected chi connectivity index (χ2v) is 6.05. The molecule has 0 spiro atoms. The molecule has 1 N–H and O–H groups in total. The van der Waals surface area contributed by atoms with Crippen LogP contribution in [-0.2, 0) is 11.2 Å². The van der Waals surface area contributed by atoms with E-state index >= 15 is 0 Å². The molecule has 1 aromatic rings. The predicted molar refractivity (Wildman–Crippen MR) is 79.4 cm³/mol. The van der Waals surface area contributed by atoms with Gasteiger partial charge in [-0.1, -0.05) is 26.0 Å². The molecule has 1 amide bonds. The van der Waals surface area contributed by atoms with Gasteiger partial charge in [0.2, 0.25) is 5.91 Å². The van der Waals surface area contributed by atoms with Crippen molar-refractivity contribution in [2.45, 2.75) is 39.7 Å². The molecule has 0 aromatic heterocycles. The van der Waals surface area contributed by atoms with Gasteiger partial charge in [-0.3, -0.25) is 4.79 Å². The van der Waals surface area contributed by atoms with Crippen molar-refractivity contribution in [2.75, 3.05) is 18.0 Å². The van der Waals surface area contributed by atoms with Gasteiger partial charge in [0.25, 0.3) is 0 Å². The molecule has 1 heterocycles. The number of hydrogen-bond acceptors (Lipinski definition) is 2. The Morgan fingerprint density at radius 1 is 1.32 bits per heavy atom. The fraction of sp³-hybridized carbons (Fsp3) is 0.562. The Hall–Kier alpha value is -1.35. The normalized spacial score (nSPS) is 23.3. The summed E-state index contributed by atoms with van der Waals surface area (Å²) in [6, 6.07) is 8.34. The molecule has 1 atom stereocenters. The lowest BCUT2D eigenvalue weighted by Gasteiger charge is -2.29. The van der Waals surface area contributed by atoms with E-state index in [1.165, 1.54) is 5.56 Å². The molecule has 2 rings (SSSR count). The molecule has 104 valence electrons. The van der Waals surface area contributed by atoms with Crippen LogP contribution in [0.1, 0.15) is 33.3 Å². The van der Waals surface area contributed by atoms with Gasteiger partial charge in [0, 0.05) is 18.8 Å². The van der Waals surface area contributed by atoms with Gasteiger partial charge < -0.3 is 10.2 Å². The largest absolute Gasteiger partial charge is 0.311 e. The minimum Gasteiger partial charge on any atom is -0.311 e. The molecule has 1 aromatic carbocycles. The van der Waals surface area contributed by atoms with Crippen LogP contribution < -0.4 is 10.2 Å². The van der Waals surface area contributed by atoms with E-state index in [0.29, 0.717) is 5.92 Å². The lowest BCUT2D eigenvalue weighted by Crippen LogP contribution is -2.51. The highest BCUT2D eigenvalue weighted by molar-refractivity contribution is 6.00. The predicted octanol–water partition coefficient (Wildman–Crippen LogP) is 2.60. The number of rotatable bonds is 2. The van der Waals surface area contributed by atoms with E-state index in [9.17, 15) is 4.79 Å². The molecule has 1 aliphatic rings. The van der Waals surface area contributed by atoms with E-state index in [0.717, 1.165) is 25.2 Å². The van der Waals surface area contributed by atoms with Crippen LogP contribution in [0, 0.1) is 5.92 Å². The van der Waals surface area contributed by atoms with Crippen LogP contribution >= 0.6 is 0 Å². The molecule has 3 heteroatoms. The van der Waals surface area contributed by atoms with Crippen molar-refractivity contribution in [1.29, 1.82) is 0 Å². The number of nitrogens with one attached hydrogen (secondary N) is 1. The molecular formula is C16H24N2O. The summed E-state index contributed by atoms with van der Waals surface area (Å²) in [4.78, 5) is 14.6. The molecule has 19 heavy (non-hydrogen) atoms. The number of anilines is 1. The Bertz CT molecular complexity index is 450. The van der Waals surface area contributed by atoms with Crippen LogP contribution in [0.5, 0.6) is 0 Å². The molecule has 0 bridgehead atoms. The maximum Gasteiger partial charge on any atom is 0.246 e. The lowest BCUT2D eigenvalue weighted by molar-refractivity contribution is -0.123. The molecular weight excluding hydrogens is 236 g/mol. The molecule has 1 unspecified atom stereocenters. The van der Waals surface area contributed by atoms with Crippen molar-refractivity contribution in [2.24, 2.45) is 5.92 Å². The van der Waals surface area contributed by atoms with Crippen molar-refractivity contribution in [3.05, 3.63) is 29.8 Å². The van der Waals surface area contributed by atoms with Crippen LogP contribution in [-0.4, -0.2) is 24.5 Å². The van der Waals surface area contributed by atoms with Crippen LogP contribution in [0.4, 0.5) is 5.69 Å². The zero-order chi connectivity index (χ0) is 14.0. The van der Waals surface area contributed by atoms with Gasteiger partial charge in [-0.25, -0.2) is 0 Å². The Morgan fingerprint density at radius 3 is 2.53 bits per heavy atom. The maximum absolute atomic E-state index is 12.6. The lowest BCUT2D eigenvalue weighted by atomic mass is 10.0. The summed E-state index contributed by atoms with van der Waals surface area (Å²) in [6.07, 6.45) is 1.03. The van der Waals surface area contributed by atoms with Crippen LogP contribution in [0.25, 0.3) is 0 Å². The number of nitrogens with zero attached hydrogens (tertiary/aromatic N) is 1. The van der Waals surface area contributed by atoms with Gasteiger partial charge in [-0.15, -0.1) is 0 Å². The van der Waals surface area contributed by atoms with Gasteiger partial charge in [0.1, 0.15) is 0 Å². The second kappa shape index (κ2) is 5.33. The van der Waals surface area contributed by atoms with Gasteiger partial charge >= 0.3 is 0 Å². The monoisotopic (exact) mass is 260 g/mol. The quantitative estimate of drug-likeness (QED) is 0.886. The first-order chi connectivity index (χ1) is 8.94. The average molecular weight is 260 g/mol. The zero-order valence-electron chi connectivity index (χ0n) is 12.4. The number of carbonyl (C=O) groups is 1. The summed E-state index contributed by atoms with van der Waals surface area (Å²) in [5, 5.41) is 3.35. The first-order valence-corrected chi connectivity index (χ1v) is 7.10. The van der Waals surface area contributed by atoms with Crippen molar-refractivity contribution in [3.8, 4) is 0 Å². The van der Waals surface area contributed by atoms with Gasteiger partial charge in [0.05, 0.1) is 5.54 Å². The van der Waals surface area contributed by atoms with Crippen molar-refractivity contribution in [1.82, 2.24) is 5.32 Å². The van der Waals surface area contributed by atoms with E-state index in [-0.39, 0.29) is 5.91 Å². The SMILES string of the molecule is CCc1ccc(N2CC(C)CNC(C)(C)C2=O)cc1. The highest BCUT2D eigenvalue weighted by Gasteiger charge is 2.36. The second-order valence-electron chi connectivity index (χ2n) is 6.05. The summed E-state index contributed by atoms with van der Waals surface area (Å²) in [6.45, 7) is 9.89. The van der Waals surface area contributed by atoms with Crippen LogP contribution in [0.3, 0.4) is 0 Å². The smallest absolute Gasteiger partial charge is 0.246 e. The third-order valence-corrected chi connectivity index (χ3v) is 3.82. The zero-order valence-corrected chi connectivity index (χ0v) is 12.4. The molecule has 0 aliphatic carbocycles. The Balaban J connectivity index is 2.31. The number of carbonyl (C=O) groups excluding carboxylic acids is 1. The molecule has 1 fully saturated rings. The van der Waals surface area contributed by atoms with E-state index in [2.05, 4.69) is 43.4 Å². The Morgan fingerprint density at radius 2 is 1.95 bits per heavy atom. The summed E-state index contributed by atoms with van der Waals surface area (Å²) in [5.41, 5.74) is 1.82. The summed E-state index contributed by atoms with van der Waals surface area (Å²) in [7, 11) is 0. The minimum atomic E-state index is -0.492. The average Bonchev–Trinajstić information content (AvgIpc) is 2.51. The number of amides is 1. The van der Waals surface area contributed by atoms with Crippen molar-refractivity contribution < 1.29 is 4.79 Å². The first kappa shape index (κ1) is 14.1. The number of aryl methyl sites for hydroxylation is 1. The third-order valence-electron chi connectivity index (χ3n) is 3.82.